The van der Waals surface area contributed by atoms with E-state index in [2.05, 4.69) is 13.8 Å². The molecular formula is C14H30N2O3. The van der Waals surface area contributed by atoms with Gasteiger partial charge in [-0.1, -0.05) is 26.7 Å². The monoisotopic (exact) mass is 274 g/mol. The summed E-state index contributed by atoms with van der Waals surface area (Å²) >= 11 is 0. The molecule has 0 radical (unpaired) electrons. The summed E-state index contributed by atoms with van der Waals surface area (Å²) in [5.41, 5.74) is 0. The maximum Gasteiger partial charge on any atom is 0.236 e. The van der Waals surface area contributed by atoms with Crippen LogP contribution in [0.2, 0.25) is 0 Å². The Morgan fingerprint density at radius 1 is 0.895 bits per heavy atom. The first-order chi connectivity index (χ1) is 9.19. The van der Waals surface area contributed by atoms with Crippen LogP contribution < -0.4 is 0 Å². The molecule has 0 aromatic carbocycles. The fourth-order valence-corrected chi connectivity index (χ4v) is 1.90. The highest BCUT2D eigenvalue weighted by Gasteiger charge is 2.16. The number of unbranched alkanes of at least 4 members (excludes halogenated alkanes) is 2. The number of amides is 1. The first-order valence-electron chi connectivity index (χ1n) is 7.41. The average molecular weight is 274 g/mol. The second-order valence-electron chi connectivity index (χ2n) is 4.81. The molecule has 0 rings (SSSR count). The minimum Gasteiger partial charge on any atom is -0.395 e. The zero-order valence-corrected chi connectivity index (χ0v) is 12.5. The summed E-state index contributed by atoms with van der Waals surface area (Å²) in [5, 5.41) is 17.9. The van der Waals surface area contributed by atoms with Gasteiger partial charge < -0.3 is 15.1 Å². The van der Waals surface area contributed by atoms with Gasteiger partial charge in [-0.15, -0.1) is 0 Å². The van der Waals surface area contributed by atoms with Crippen molar-refractivity contribution in [1.29, 1.82) is 0 Å². The minimum absolute atomic E-state index is 0.0111. The van der Waals surface area contributed by atoms with Crippen molar-refractivity contribution in [2.45, 2.75) is 39.5 Å². The van der Waals surface area contributed by atoms with Crippen LogP contribution >= 0.6 is 0 Å². The van der Waals surface area contributed by atoms with E-state index in [0.29, 0.717) is 13.1 Å². The first kappa shape index (κ1) is 18.4. The van der Waals surface area contributed by atoms with Crippen LogP contribution in [0.25, 0.3) is 0 Å². The van der Waals surface area contributed by atoms with E-state index in [0.717, 1.165) is 38.8 Å². The summed E-state index contributed by atoms with van der Waals surface area (Å²) < 4.78 is 0. The molecular weight excluding hydrogens is 244 g/mol. The summed E-state index contributed by atoms with van der Waals surface area (Å²) in [6, 6.07) is 0. The first-order valence-corrected chi connectivity index (χ1v) is 7.41. The lowest BCUT2D eigenvalue weighted by atomic mass is 10.2. The second-order valence-corrected chi connectivity index (χ2v) is 4.81. The summed E-state index contributed by atoms with van der Waals surface area (Å²) in [6.45, 7) is 7.02. The van der Waals surface area contributed by atoms with Gasteiger partial charge in [0.1, 0.15) is 0 Å². The Balaban J connectivity index is 4.31. The van der Waals surface area contributed by atoms with Gasteiger partial charge in [0.2, 0.25) is 5.91 Å². The molecule has 2 N–H and O–H groups in total. The number of hydrogen-bond acceptors (Lipinski definition) is 4. The van der Waals surface area contributed by atoms with Gasteiger partial charge in [-0.25, -0.2) is 0 Å². The fourth-order valence-electron chi connectivity index (χ4n) is 1.90. The molecule has 0 aliphatic rings. The van der Waals surface area contributed by atoms with E-state index < -0.39 is 0 Å². The van der Waals surface area contributed by atoms with Gasteiger partial charge in [-0.2, -0.15) is 0 Å². The Kier molecular flexibility index (Phi) is 12.0. The quantitative estimate of drug-likeness (QED) is 0.550. The van der Waals surface area contributed by atoms with Crippen LogP contribution in [-0.4, -0.2) is 71.9 Å². The third-order valence-corrected chi connectivity index (χ3v) is 3.11. The van der Waals surface area contributed by atoms with Crippen LogP contribution in [0.4, 0.5) is 0 Å². The Bertz CT molecular complexity index is 211. The molecule has 1 amide bonds. The molecule has 0 aromatic heterocycles. The maximum atomic E-state index is 12.2. The van der Waals surface area contributed by atoms with E-state index in [1.165, 1.54) is 0 Å². The lowest BCUT2D eigenvalue weighted by Crippen LogP contribution is -2.43. The molecule has 5 nitrogen and oxygen atoms in total. The van der Waals surface area contributed by atoms with Crippen LogP contribution in [0.3, 0.4) is 0 Å². The van der Waals surface area contributed by atoms with Gasteiger partial charge in [0.15, 0.2) is 0 Å². The van der Waals surface area contributed by atoms with E-state index in [-0.39, 0.29) is 25.7 Å². The van der Waals surface area contributed by atoms with Gasteiger partial charge >= 0.3 is 0 Å². The van der Waals surface area contributed by atoms with Gasteiger partial charge in [0, 0.05) is 26.2 Å². The highest BCUT2D eigenvalue weighted by molar-refractivity contribution is 5.78. The fraction of sp³-hybridized carbons (Fsp3) is 0.929. The molecule has 0 fully saturated rings. The van der Waals surface area contributed by atoms with Gasteiger partial charge in [-0.3, -0.25) is 9.69 Å². The zero-order chi connectivity index (χ0) is 14.5. The molecule has 0 spiro atoms. The maximum absolute atomic E-state index is 12.2. The van der Waals surface area contributed by atoms with Crippen molar-refractivity contribution in [1.82, 2.24) is 9.80 Å². The van der Waals surface area contributed by atoms with Gasteiger partial charge in [0.05, 0.1) is 19.8 Å². The number of rotatable bonds is 12. The molecule has 0 atom stereocenters. The summed E-state index contributed by atoms with van der Waals surface area (Å²) in [4.78, 5) is 15.9. The molecule has 0 aliphatic carbocycles. The Morgan fingerprint density at radius 3 is 1.74 bits per heavy atom. The third kappa shape index (κ3) is 8.97. The normalized spacial score (nSPS) is 11.0. The van der Waals surface area contributed by atoms with Gasteiger partial charge in [0.25, 0.3) is 0 Å². The number of hydrogen-bond donors (Lipinski definition) is 2. The Labute approximate surface area is 117 Å². The molecule has 0 saturated heterocycles. The van der Waals surface area contributed by atoms with Crippen molar-refractivity contribution in [3.63, 3.8) is 0 Å². The third-order valence-electron chi connectivity index (χ3n) is 3.11. The van der Waals surface area contributed by atoms with Crippen molar-refractivity contribution < 1.29 is 15.0 Å². The Morgan fingerprint density at radius 2 is 1.37 bits per heavy atom. The van der Waals surface area contributed by atoms with Crippen molar-refractivity contribution in [3.05, 3.63) is 0 Å². The van der Waals surface area contributed by atoms with E-state index in [4.69, 9.17) is 10.2 Å². The van der Waals surface area contributed by atoms with E-state index >= 15 is 0 Å². The zero-order valence-electron chi connectivity index (χ0n) is 12.5. The average Bonchev–Trinajstić information content (AvgIpc) is 2.39. The molecule has 0 saturated carbocycles. The van der Waals surface area contributed by atoms with Gasteiger partial charge in [-0.05, 0) is 12.8 Å². The molecule has 5 heteroatoms. The Hall–Kier alpha value is -0.650. The predicted molar refractivity (Wildman–Crippen MR) is 77.0 cm³/mol. The largest absolute Gasteiger partial charge is 0.395 e. The predicted octanol–water partition coefficient (Wildman–Crippen LogP) is 0.702. The summed E-state index contributed by atoms with van der Waals surface area (Å²) in [5.74, 6) is 0.101. The smallest absolute Gasteiger partial charge is 0.236 e. The topological polar surface area (TPSA) is 64.0 Å². The van der Waals surface area contributed by atoms with E-state index in [1.807, 2.05) is 4.90 Å². The number of aliphatic hydroxyl groups excluding tert-OH is 2. The number of carbonyl (C=O) groups is 1. The van der Waals surface area contributed by atoms with Crippen LogP contribution in [0.1, 0.15) is 39.5 Å². The lowest BCUT2D eigenvalue weighted by Gasteiger charge is -2.26. The van der Waals surface area contributed by atoms with Crippen molar-refractivity contribution in [2.24, 2.45) is 0 Å². The molecule has 0 unspecified atom stereocenters. The van der Waals surface area contributed by atoms with Crippen LogP contribution in [0.5, 0.6) is 0 Å². The van der Waals surface area contributed by atoms with Crippen molar-refractivity contribution in [3.8, 4) is 0 Å². The molecule has 114 valence electrons. The standard InChI is InChI=1S/C14H30N2O3/c1-3-5-7-16(8-6-4-2)14(19)13-15(9-11-17)10-12-18/h17-18H,3-13H2,1-2H3. The number of nitrogens with zero attached hydrogens (tertiary/aromatic N) is 2. The molecule has 19 heavy (non-hydrogen) atoms. The molecule has 0 heterocycles. The number of carbonyl (C=O) groups excluding carboxylic acids is 1. The van der Waals surface area contributed by atoms with Crippen molar-refractivity contribution in [2.75, 3.05) is 45.9 Å². The summed E-state index contributed by atoms with van der Waals surface area (Å²) in [6.07, 6.45) is 4.20. The molecule has 0 bridgehead atoms. The second kappa shape index (κ2) is 12.4. The molecule has 0 aliphatic heterocycles. The summed E-state index contributed by atoms with van der Waals surface area (Å²) in [7, 11) is 0. The van der Waals surface area contributed by atoms with E-state index in [1.54, 1.807) is 4.90 Å². The highest BCUT2D eigenvalue weighted by atomic mass is 16.3. The minimum atomic E-state index is 0.0111. The van der Waals surface area contributed by atoms with Crippen LogP contribution in [-0.2, 0) is 4.79 Å². The van der Waals surface area contributed by atoms with Crippen LogP contribution in [0, 0.1) is 0 Å². The SMILES string of the molecule is CCCCN(CCCC)C(=O)CN(CCO)CCO. The molecule has 0 aromatic rings. The highest BCUT2D eigenvalue weighted by Crippen LogP contribution is 2.01. The van der Waals surface area contributed by atoms with Crippen LogP contribution in [0.15, 0.2) is 0 Å². The van der Waals surface area contributed by atoms with Crippen molar-refractivity contribution >= 4 is 5.91 Å². The lowest BCUT2D eigenvalue weighted by molar-refractivity contribution is -0.132. The number of aliphatic hydroxyl groups is 2. The van der Waals surface area contributed by atoms with E-state index in [9.17, 15) is 4.79 Å².